The average molecular weight is 247 g/mol. The monoisotopic (exact) mass is 247 g/mol. The molecule has 2 aliphatic rings. The lowest BCUT2D eigenvalue weighted by Crippen LogP contribution is -2.39. The lowest BCUT2D eigenvalue weighted by atomic mass is 10.2. The Bertz CT molecular complexity index is 368. The predicted octanol–water partition coefficient (Wildman–Crippen LogP) is -1.21. The molecule has 2 aliphatic heterocycles. The first kappa shape index (κ1) is 11.7. The Kier molecular flexibility index (Phi) is 3.34. The Morgan fingerprint density at radius 3 is 2.88 bits per heavy atom. The Hall–Kier alpha value is -0.820. The number of carbonyl (C=O) groups is 1. The molecule has 0 aromatic rings. The molecule has 2 fully saturated rings. The molecule has 0 spiro atoms. The molecule has 2 heterocycles. The predicted molar refractivity (Wildman–Crippen MR) is 60.0 cm³/mol. The fourth-order valence-electron chi connectivity index (χ4n) is 2.08. The molecule has 0 radical (unpaired) electrons. The van der Waals surface area contributed by atoms with Crippen molar-refractivity contribution >= 4 is 15.9 Å². The van der Waals surface area contributed by atoms with E-state index in [0.29, 0.717) is 26.1 Å². The molecule has 92 valence electrons. The minimum absolute atomic E-state index is 0.0270. The first-order chi connectivity index (χ1) is 7.57. The van der Waals surface area contributed by atoms with Crippen molar-refractivity contribution in [2.24, 2.45) is 0 Å². The van der Waals surface area contributed by atoms with Gasteiger partial charge in [-0.05, 0) is 6.42 Å². The van der Waals surface area contributed by atoms with Crippen LogP contribution in [0.25, 0.3) is 0 Å². The van der Waals surface area contributed by atoms with Gasteiger partial charge in [0.2, 0.25) is 0 Å². The highest BCUT2D eigenvalue weighted by molar-refractivity contribution is 7.91. The van der Waals surface area contributed by atoms with Crippen molar-refractivity contribution < 1.29 is 13.2 Å². The van der Waals surface area contributed by atoms with Crippen molar-refractivity contribution in [3.8, 4) is 0 Å². The number of hydrogen-bond acceptors (Lipinski definition) is 4. The first-order valence-corrected chi connectivity index (χ1v) is 7.35. The Balaban J connectivity index is 1.67. The summed E-state index contributed by atoms with van der Waals surface area (Å²) < 4.78 is 22.4. The number of nitrogens with zero attached hydrogens (tertiary/aromatic N) is 1. The van der Waals surface area contributed by atoms with Gasteiger partial charge in [0.05, 0.1) is 11.5 Å². The molecule has 16 heavy (non-hydrogen) atoms. The molecule has 1 unspecified atom stereocenters. The van der Waals surface area contributed by atoms with Gasteiger partial charge in [0.1, 0.15) is 0 Å². The van der Waals surface area contributed by atoms with E-state index in [4.69, 9.17) is 0 Å². The highest BCUT2D eigenvalue weighted by Crippen LogP contribution is 2.10. The van der Waals surface area contributed by atoms with Gasteiger partial charge < -0.3 is 15.5 Å². The van der Waals surface area contributed by atoms with Gasteiger partial charge in [-0.25, -0.2) is 13.2 Å². The maximum absolute atomic E-state index is 11.2. The first-order valence-electron chi connectivity index (χ1n) is 5.53. The minimum Gasteiger partial charge on any atom is -0.336 e. The summed E-state index contributed by atoms with van der Waals surface area (Å²) in [6.45, 7) is 2.75. The summed E-state index contributed by atoms with van der Waals surface area (Å²) in [5.41, 5.74) is 0. The summed E-state index contributed by atoms with van der Waals surface area (Å²) in [7, 11) is -2.81. The second-order valence-corrected chi connectivity index (χ2v) is 6.50. The fourth-order valence-corrected chi connectivity index (χ4v) is 3.79. The third-order valence-electron chi connectivity index (χ3n) is 2.99. The summed E-state index contributed by atoms with van der Waals surface area (Å²) in [6, 6.07) is 0.0384. The van der Waals surface area contributed by atoms with Crippen molar-refractivity contribution in [2.75, 3.05) is 37.7 Å². The summed E-state index contributed by atoms with van der Waals surface area (Å²) in [6.07, 6.45) is 0.689. The van der Waals surface area contributed by atoms with E-state index in [9.17, 15) is 13.2 Å². The van der Waals surface area contributed by atoms with E-state index >= 15 is 0 Å². The lowest BCUT2D eigenvalue weighted by molar-refractivity contribution is 0.217. The van der Waals surface area contributed by atoms with E-state index in [1.54, 1.807) is 4.90 Å². The number of hydrogen-bond donors (Lipinski definition) is 2. The van der Waals surface area contributed by atoms with E-state index in [-0.39, 0.29) is 23.6 Å². The van der Waals surface area contributed by atoms with E-state index in [1.165, 1.54) is 0 Å². The summed E-state index contributed by atoms with van der Waals surface area (Å²) in [4.78, 5) is 12.9. The molecule has 2 rings (SSSR count). The molecule has 7 heteroatoms. The third kappa shape index (κ3) is 2.85. The van der Waals surface area contributed by atoms with Crippen molar-refractivity contribution in [3.05, 3.63) is 0 Å². The molecule has 0 aromatic carbocycles. The number of urea groups is 1. The summed E-state index contributed by atoms with van der Waals surface area (Å²) >= 11 is 0. The molecule has 0 aromatic heterocycles. The highest BCUT2D eigenvalue weighted by atomic mass is 32.2. The fraction of sp³-hybridized carbons (Fsp3) is 0.889. The van der Waals surface area contributed by atoms with Gasteiger partial charge in [0, 0.05) is 32.2 Å². The molecule has 1 atom stereocenters. The smallest absolute Gasteiger partial charge is 0.317 e. The number of rotatable bonds is 4. The van der Waals surface area contributed by atoms with Crippen LogP contribution < -0.4 is 10.6 Å². The number of nitrogens with one attached hydrogen (secondary N) is 2. The van der Waals surface area contributed by atoms with Crippen molar-refractivity contribution in [1.82, 2.24) is 15.5 Å². The van der Waals surface area contributed by atoms with Crippen LogP contribution in [0, 0.1) is 0 Å². The Morgan fingerprint density at radius 2 is 2.31 bits per heavy atom. The lowest BCUT2D eigenvalue weighted by Gasteiger charge is -2.16. The number of sulfone groups is 1. The number of carbonyl (C=O) groups excluding carboxylic acids is 1. The maximum atomic E-state index is 11.2. The van der Waals surface area contributed by atoms with Crippen LogP contribution >= 0.6 is 0 Å². The molecule has 0 aliphatic carbocycles. The van der Waals surface area contributed by atoms with E-state index in [2.05, 4.69) is 10.6 Å². The van der Waals surface area contributed by atoms with Crippen LogP contribution in [0.15, 0.2) is 0 Å². The van der Waals surface area contributed by atoms with Crippen LogP contribution in [-0.4, -0.2) is 63.1 Å². The maximum Gasteiger partial charge on any atom is 0.317 e. The SMILES string of the molecule is O=C1NCCN1CCNC1CCS(=O)(=O)C1. The highest BCUT2D eigenvalue weighted by Gasteiger charge is 2.27. The van der Waals surface area contributed by atoms with Crippen molar-refractivity contribution in [3.63, 3.8) is 0 Å². The normalized spacial score (nSPS) is 28.4. The van der Waals surface area contributed by atoms with Gasteiger partial charge in [-0.15, -0.1) is 0 Å². The molecule has 6 nitrogen and oxygen atoms in total. The molecular formula is C9H17N3O3S. The number of amides is 2. The molecule has 2 saturated heterocycles. The minimum atomic E-state index is -2.81. The summed E-state index contributed by atoms with van der Waals surface area (Å²) in [5.74, 6) is 0.522. The molecular weight excluding hydrogens is 230 g/mol. The van der Waals surface area contributed by atoms with Gasteiger partial charge in [-0.1, -0.05) is 0 Å². The van der Waals surface area contributed by atoms with Crippen LogP contribution in [0.1, 0.15) is 6.42 Å². The quantitative estimate of drug-likeness (QED) is 0.653. The zero-order chi connectivity index (χ0) is 11.6. The molecule has 0 saturated carbocycles. The van der Waals surface area contributed by atoms with Crippen LogP contribution in [0.5, 0.6) is 0 Å². The van der Waals surface area contributed by atoms with Crippen LogP contribution in [0.4, 0.5) is 4.79 Å². The van der Waals surface area contributed by atoms with Crippen molar-refractivity contribution in [1.29, 1.82) is 0 Å². The van der Waals surface area contributed by atoms with Gasteiger partial charge in [0.15, 0.2) is 9.84 Å². The Morgan fingerprint density at radius 1 is 1.50 bits per heavy atom. The largest absolute Gasteiger partial charge is 0.336 e. The molecule has 0 bridgehead atoms. The van der Waals surface area contributed by atoms with E-state index in [0.717, 1.165) is 6.54 Å². The zero-order valence-corrected chi connectivity index (χ0v) is 9.92. The Labute approximate surface area is 95.3 Å². The van der Waals surface area contributed by atoms with Crippen LogP contribution in [0.2, 0.25) is 0 Å². The molecule has 2 amide bonds. The molecule has 2 N–H and O–H groups in total. The second kappa shape index (κ2) is 4.58. The third-order valence-corrected chi connectivity index (χ3v) is 4.76. The van der Waals surface area contributed by atoms with E-state index < -0.39 is 9.84 Å². The van der Waals surface area contributed by atoms with Crippen LogP contribution in [-0.2, 0) is 9.84 Å². The standard InChI is InChI=1S/C9H17N3O3S/c13-9-11-3-5-12(9)4-2-10-8-1-6-16(14,15)7-8/h8,10H,1-7H2,(H,11,13). The average Bonchev–Trinajstić information content (AvgIpc) is 2.74. The van der Waals surface area contributed by atoms with Gasteiger partial charge in [-0.3, -0.25) is 0 Å². The topological polar surface area (TPSA) is 78.5 Å². The van der Waals surface area contributed by atoms with Crippen molar-refractivity contribution in [2.45, 2.75) is 12.5 Å². The van der Waals surface area contributed by atoms with Gasteiger partial charge in [-0.2, -0.15) is 0 Å². The van der Waals surface area contributed by atoms with Gasteiger partial charge in [0.25, 0.3) is 0 Å². The van der Waals surface area contributed by atoms with Gasteiger partial charge >= 0.3 is 6.03 Å². The summed E-state index contributed by atoms with van der Waals surface area (Å²) in [5, 5.41) is 5.91. The van der Waals surface area contributed by atoms with Crippen LogP contribution in [0.3, 0.4) is 0 Å². The van der Waals surface area contributed by atoms with E-state index in [1.807, 2.05) is 0 Å². The zero-order valence-electron chi connectivity index (χ0n) is 9.11. The second-order valence-electron chi connectivity index (χ2n) is 4.27.